The van der Waals surface area contributed by atoms with Gasteiger partial charge in [-0.1, -0.05) is 6.07 Å². The zero-order valence-electron chi connectivity index (χ0n) is 13.2. The number of imide groups is 1. The van der Waals surface area contributed by atoms with Gasteiger partial charge in [0, 0.05) is 18.5 Å². The second kappa shape index (κ2) is 5.31. The van der Waals surface area contributed by atoms with Gasteiger partial charge in [0.15, 0.2) is 0 Å². The van der Waals surface area contributed by atoms with Crippen LogP contribution in [0, 0.1) is 0 Å². The number of halogens is 3. The van der Waals surface area contributed by atoms with Gasteiger partial charge in [0.25, 0.3) is 5.91 Å². The Balaban J connectivity index is 1.74. The van der Waals surface area contributed by atoms with E-state index in [4.69, 9.17) is 0 Å². The molecule has 2 heterocycles. The van der Waals surface area contributed by atoms with Crippen molar-refractivity contribution in [3.63, 3.8) is 0 Å². The normalized spacial score (nSPS) is 23.7. The minimum absolute atomic E-state index is 0.0739. The molecular formula is C17H15F3N2O3. The molecule has 8 heteroatoms. The van der Waals surface area contributed by atoms with Crippen molar-refractivity contribution in [3.05, 3.63) is 34.4 Å². The lowest BCUT2D eigenvalue weighted by Gasteiger charge is -2.29. The van der Waals surface area contributed by atoms with E-state index < -0.39 is 35.5 Å². The van der Waals surface area contributed by atoms with Gasteiger partial charge in [0.2, 0.25) is 11.8 Å². The van der Waals surface area contributed by atoms with E-state index in [1.54, 1.807) is 0 Å². The van der Waals surface area contributed by atoms with Crippen LogP contribution in [0.3, 0.4) is 0 Å². The second-order valence-corrected chi connectivity index (χ2v) is 6.73. The largest absolute Gasteiger partial charge is 0.416 e. The van der Waals surface area contributed by atoms with Gasteiger partial charge in [0.1, 0.15) is 6.04 Å². The Bertz CT molecular complexity index is 799. The van der Waals surface area contributed by atoms with Gasteiger partial charge < -0.3 is 4.90 Å². The SMILES string of the molecule is O=C1CCC(N2Cc3ccc(C(F)(F)F)c(C4CC4)c3C2=O)C(=O)N1. The summed E-state index contributed by atoms with van der Waals surface area (Å²) < 4.78 is 40.1. The molecule has 3 amide bonds. The molecule has 4 rings (SSSR count). The number of benzene rings is 1. The van der Waals surface area contributed by atoms with Gasteiger partial charge in [0.05, 0.1) is 5.56 Å². The molecule has 0 aromatic heterocycles. The number of fused-ring (bicyclic) bond motifs is 1. The Morgan fingerprint density at radius 2 is 1.80 bits per heavy atom. The maximum atomic E-state index is 13.4. The number of alkyl halides is 3. The minimum Gasteiger partial charge on any atom is -0.322 e. The Kier molecular flexibility index (Phi) is 3.42. The number of nitrogens with zero attached hydrogens (tertiary/aromatic N) is 1. The van der Waals surface area contributed by atoms with Crippen LogP contribution in [0.15, 0.2) is 12.1 Å². The fourth-order valence-corrected chi connectivity index (χ4v) is 3.72. The van der Waals surface area contributed by atoms with Crippen LogP contribution in [0.4, 0.5) is 13.2 Å². The molecule has 3 aliphatic rings. The van der Waals surface area contributed by atoms with Crippen LogP contribution in [0.25, 0.3) is 0 Å². The lowest BCUT2D eigenvalue weighted by atomic mass is 9.93. The van der Waals surface area contributed by atoms with Crippen molar-refractivity contribution in [1.29, 1.82) is 0 Å². The maximum Gasteiger partial charge on any atom is 0.416 e. The third-order valence-corrected chi connectivity index (χ3v) is 5.02. The second-order valence-electron chi connectivity index (χ2n) is 6.73. The minimum atomic E-state index is -4.52. The molecule has 1 unspecified atom stereocenters. The van der Waals surface area contributed by atoms with Crippen molar-refractivity contribution >= 4 is 17.7 Å². The van der Waals surface area contributed by atoms with Crippen molar-refractivity contribution in [3.8, 4) is 0 Å². The molecule has 25 heavy (non-hydrogen) atoms. The van der Waals surface area contributed by atoms with Crippen LogP contribution in [0.5, 0.6) is 0 Å². The maximum absolute atomic E-state index is 13.4. The van der Waals surface area contributed by atoms with Gasteiger partial charge in [-0.2, -0.15) is 13.2 Å². The van der Waals surface area contributed by atoms with E-state index in [1.807, 2.05) is 0 Å². The molecule has 1 aromatic carbocycles. The van der Waals surface area contributed by atoms with Gasteiger partial charge in [-0.3, -0.25) is 19.7 Å². The van der Waals surface area contributed by atoms with Crippen LogP contribution in [0.2, 0.25) is 0 Å². The first-order valence-corrected chi connectivity index (χ1v) is 8.15. The van der Waals surface area contributed by atoms with Crippen LogP contribution >= 0.6 is 0 Å². The summed E-state index contributed by atoms with van der Waals surface area (Å²) in [6, 6.07) is 1.54. The molecule has 1 N–H and O–H groups in total. The van der Waals surface area contributed by atoms with E-state index in [1.165, 1.54) is 11.0 Å². The number of rotatable bonds is 2. The van der Waals surface area contributed by atoms with E-state index in [0.29, 0.717) is 18.4 Å². The zero-order valence-corrected chi connectivity index (χ0v) is 13.2. The van der Waals surface area contributed by atoms with Crippen LogP contribution in [-0.2, 0) is 22.3 Å². The number of hydrogen-bond acceptors (Lipinski definition) is 3. The van der Waals surface area contributed by atoms with Gasteiger partial charge in [-0.05, 0) is 42.4 Å². The van der Waals surface area contributed by atoms with Crippen molar-refractivity contribution in [1.82, 2.24) is 10.2 Å². The molecule has 1 saturated carbocycles. The molecule has 1 aromatic rings. The fraction of sp³-hybridized carbons (Fsp3) is 0.471. The first-order chi connectivity index (χ1) is 11.8. The molecule has 1 atom stereocenters. The Labute approximate surface area is 141 Å². The Hall–Kier alpha value is -2.38. The van der Waals surface area contributed by atoms with E-state index >= 15 is 0 Å². The van der Waals surface area contributed by atoms with Crippen molar-refractivity contribution in [2.75, 3.05) is 0 Å². The third kappa shape index (κ3) is 2.60. The van der Waals surface area contributed by atoms with E-state index in [2.05, 4.69) is 5.32 Å². The molecule has 2 aliphatic heterocycles. The zero-order chi connectivity index (χ0) is 17.9. The molecule has 0 spiro atoms. The van der Waals surface area contributed by atoms with Crippen LogP contribution in [0.1, 0.15) is 58.6 Å². The molecular weight excluding hydrogens is 337 g/mol. The van der Waals surface area contributed by atoms with E-state index in [0.717, 1.165) is 6.07 Å². The van der Waals surface area contributed by atoms with Gasteiger partial charge in [-0.15, -0.1) is 0 Å². The van der Waals surface area contributed by atoms with Crippen LogP contribution in [-0.4, -0.2) is 28.7 Å². The number of carbonyl (C=O) groups excluding carboxylic acids is 3. The fourth-order valence-electron chi connectivity index (χ4n) is 3.72. The average molecular weight is 352 g/mol. The summed E-state index contributed by atoms with van der Waals surface area (Å²) in [6.45, 7) is 0.0955. The molecule has 0 bridgehead atoms. The predicted molar refractivity (Wildman–Crippen MR) is 79.5 cm³/mol. The summed E-state index contributed by atoms with van der Waals surface area (Å²) >= 11 is 0. The summed E-state index contributed by atoms with van der Waals surface area (Å²) in [4.78, 5) is 37.5. The number of amides is 3. The summed E-state index contributed by atoms with van der Waals surface area (Å²) in [7, 11) is 0. The first-order valence-electron chi connectivity index (χ1n) is 8.15. The summed E-state index contributed by atoms with van der Waals surface area (Å²) in [5.41, 5.74) is -0.0661. The third-order valence-electron chi connectivity index (χ3n) is 5.02. The van der Waals surface area contributed by atoms with Crippen LogP contribution < -0.4 is 5.32 Å². The average Bonchev–Trinajstić information content (AvgIpc) is 3.31. The predicted octanol–water partition coefficient (Wildman–Crippen LogP) is 2.34. The molecule has 132 valence electrons. The Morgan fingerprint density at radius 3 is 2.40 bits per heavy atom. The first kappa shape index (κ1) is 16.1. The lowest BCUT2D eigenvalue weighted by molar-refractivity contribution is -0.139. The van der Waals surface area contributed by atoms with Crippen molar-refractivity contribution < 1.29 is 27.6 Å². The lowest BCUT2D eigenvalue weighted by Crippen LogP contribution is -2.52. The topological polar surface area (TPSA) is 66.5 Å². The standard InChI is InChI=1S/C17H15F3N2O3/c18-17(19,20)10-4-3-9-7-22(11-5-6-12(23)21-15(11)24)16(25)14(9)13(10)8-1-2-8/h3-4,8,11H,1-2,5-7H2,(H,21,23,24). The summed E-state index contributed by atoms with van der Waals surface area (Å²) in [6.07, 6.45) is -2.96. The highest BCUT2D eigenvalue weighted by Gasteiger charge is 2.46. The number of hydrogen-bond donors (Lipinski definition) is 1. The molecule has 1 aliphatic carbocycles. The highest BCUT2D eigenvalue weighted by atomic mass is 19.4. The van der Waals surface area contributed by atoms with Crippen molar-refractivity contribution in [2.45, 2.75) is 50.4 Å². The monoisotopic (exact) mass is 352 g/mol. The van der Waals surface area contributed by atoms with Gasteiger partial charge >= 0.3 is 6.18 Å². The molecule has 5 nitrogen and oxygen atoms in total. The van der Waals surface area contributed by atoms with E-state index in [9.17, 15) is 27.6 Å². The molecule has 1 saturated heterocycles. The Morgan fingerprint density at radius 1 is 1.08 bits per heavy atom. The van der Waals surface area contributed by atoms with Crippen molar-refractivity contribution in [2.24, 2.45) is 0 Å². The smallest absolute Gasteiger partial charge is 0.322 e. The quantitative estimate of drug-likeness (QED) is 0.831. The summed E-state index contributed by atoms with van der Waals surface area (Å²) in [5.74, 6) is -1.76. The van der Waals surface area contributed by atoms with Gasteiger partial charge in [-0.25, -0.2) is 0 Å². The molecule has 0 radical (unpaired) electrons. The highest BCUT2D eigenvalue weighted by molar-refractivity contribution is 6.06. The number of piperidine rings is 1. The molecule has 2 fully saturated rings. The highest BCUT2D eigenvalue weighted by Crippen LogP contribution is 2.49. The van der Waals surface area contributed by atoms with E-state index in [-0.39, 0.29) is 36.4 Å². The summed E-state index contributed by atoms with van der Waals surface area (Å²) in [5, 5.41) is 2.19. The number of nitrogens with one attached hydrogen (secondary N) is 1. The number of carbonyl (C=O) groups is 3.